The number of benzene rings is 1. The molecule has 0 radical (unpaired) electrons. The number of hydrogen-bond donors (Lipinski definition) is 2. The topological polar surface area (TPSA) is 101 Å². The summed E-state index contributed by atoms with van der Waals surface area (Å²) in [5.41, 5.74) is -1.22. The van der Waals surface area contributed by atoms with Gasteiger partial charge in [0.15, 0.2) is 9.84 Å². The molecule has 1 fully saturated rings. The van der Waals surface area contributed by atoms with Gasteiger partial charge in [0.25, 0.3) is 0 Å². The van der Waals surface area contributed by atoms with Crippen molar-refractivity contribution in [3.05, 3.63) is 47.4 Å². The average Bonchev–Trinajstić information content (AvgIpc) is 3.12. The molecule has 1 aromatic carbocycles. The van der Waals surface area contributed by atoms with Crippen LogP contribution in [0.25, 0.3) is 0 Å². The van der Waals surface area contributed by atoms with Gasteiger partial charge in [-0.3, -0.25) is 4.79 Å². The normalized spacial score (nSPS) is 20.1. The molecule has 0 bridgehead atoms. The van der Waals surface area contributed by atoms with Crippen LogP contribution in [0.4, 0.5) is 19.0 Å². The van der Waals surface area contributed by atoms with E-state index < -0.39 is 43.7 Å². The van der Waals surface area contributed by atoms with Crippen molar-refractivity contribution >= 4 is 33.2 Å². The summed E-state index contributed by atoms with van der Waals surface area (Å²) in [5.74, 6) is -0.447. The van der Waals surface area contributed by atoms with E-state index in [1.807, 2.05) is 0 Å². The molecule has 0 aliphatic carbocycles. The summed E-state index contributed by atoms with van der Waals surface area (Å²) >= 11 is 5.63. The van der Waals surface area contributed by atoms with Crippen LogP contribution in [0.3, 0.4) is 0 Å². The summed E-state index contributed by atoms with van der Waals surface area (Å²) in [4.78, 5) is 19.0. The Morgan fingerprint density at radius 1 is 1.25 bits per heavy atom. The quantitative estimate of drug-likeness (QED) is 0.716. The van der Waals surface area contributed by atoms with Gasteiger partial charge in [-0.05, 0) is 36.2 Å². The number of aromatic nitrogens is 2. The average molecular weight is 435 g/mol. The first-order chi connectivity index (χ1) is 13.1. The summed E-state index contributed by atoms with van der Waals surface area (Å²) in [7, 11) is -4.31. The Labute approximate surface area is 163 Å². The predicted octanol–water partition coefficient (Wildman–Crippen LogP) is 2.29. The van der Waals surface area contributed by atoms with Crippen LogP contribution >= 0.6 is 11.6 Å². The zero-order chi connectivity index (χ0) is 20.5. The van der Waals surface area contributed by atoms with Crippen LogP contribution in [0.15, 0.2) is 41.4 Å². The molecular formula is C16H14ClF3N4O3S. The van der Waals surface area contributed by atoms with Gasteiger partial charge in [-0.15, -0.1) is 0 Å². The van der Waals surface area contributed by atoms with E-state index in [1.54, 1.807) is 0 Å². The largest absolute Gasteiger partial charge is 0.417 e. The number of alkyl halides is 3. The molecule has 2 aromatic rings. The van der Waals surface area contributed by atoms with Crippen LogP contribution in [0.5, 0.6) is 0 Å². The summed E-state index contributed by atoms with van der Waals surface area (Å²) in [6, 6.07) is 4.48. The Bertz CT molecular complexity index is 1000. The molecular weight excluding hydrogens is 421 g/mol. The lowest BCUT2D eigenvalue weighted by Gasteiger charge is -2.16. The van der Waals surface area contributed by atoms with Gasteiger partial charge in [-0.25, -0.2) is 18.4 Å². The van der Waals surface area contributed by atoms with Crippen LogP contribution in [-0.4, -0.2) is 42.1 Å². The standard InChI is InChI=1S/C16H14ClF3N4O3S/c17-15-21-6-5-13(24-15)23-14(25)11-7-9(8-22-11)28(26,27)12-4-2-1-3-10(12)16(18,19)20/h1-6,9,11,22H,7-8H2,(H,21,23,24,25)/t9-,11-/m0/s1. The maximum Gasteiger partial charge on any atom is 0.417 e. The van der Waals surface area contributed by atoms with Gasteiger partial charge in [0.05, 0.1) is 21.8 Å². The number of amides is 1. The lowest BCUT2D eigenvalue weighted by molar-refractivity contribution is -0.139. The summed E-state index contributed by atoms with van der Waals surface area (Å²) in [6.07, 6.45) is -3.66. The van der Waals surface area contributed by atoms with E-state index >= 15 is 0 Å². The zero-order valence-corrected chi connectivity index (χ0v) is 15.6. The van der Waals surface area contributed by atoms with E-state index in [-0.39, 0.29) is 24.1 Å². The Morgan fingerprint density at radius 3 is 2.64 bits per heavy atom. The third-order valence-corrected chi connectivity index (χ3v) is 6.61. The fourth-order valence-electron chi connectivity index (χ4n) is 2.89. The fourth-order valence-corrected chi connectivity index (χ4v) is 4.91. The molecule has 0 saturated carbocycles. The van der Waals surface area contributed by atoms with Crippen molar-refractivity contribution in [2.45, 2.75) is 28.8 Å². The number of carbonyl (C=O) groups excluding carboxylic acids is 1. The number of nitrogens with one attached hydrogen (secondary N) is 2. The number of nitrogens with zero attached hydrogens (tertiary/aromatic N) is 2. The third kappa shape index (κ3) is 4.26. The molecule has 1 amide bonds. The molecule has 12 heteroatoms. The van der Waals surface area contributed by atoms with Gasteiger partial charge in [0.1, 0.15) is 5.82 Å². The SMILES string of the molecule is O=C(Nc1ccnc(Cl)n1)[C@@H]1C[C@H](S(=O)(=O)c2ccccc2C(F)(F)F)CN1. The smallest absolute Gasteiger partial charge is 0.309 e. The molecule has 3 rings (SSSR count). The molecule has 0 spiro atoms. The molecule has 1 aliphatic heterocycles. The van der Waals surface area contributed by atoms with E-state index in [2.05, 4.69) is 20.6 Å². The van der Waals surface area contributed by atoms with E-state index in [9.17, 15) is 26.4 Å². The van der Waals surface area contributed by atoms with Crippen molar-refractivity contribution in [1.29, 1.82) is 0 Å². The second kappa shape index (κ2) is 7.64. The van der Waals surface area contributed by atoms with E-state index in [1.165, 1.54) is 18.3 Å². The maximum absolute atomic E-state index is 13.2. The fraction of sp³-hybridized carbons (Fsp3) is 0.312. The lowest BCUT2D eigenvalue weighted by Crippen LogP contribution is -2.35. The highest BCUT2D eigenvalue weighted by Crippen LogP contribution is 2.36. The van der Waals surface area contributed by atoms with Crippen LogP contribution in [0.1, 0.15) is 12.0 Å². The first-order valence-corrected chi connectivity index (χ1v) is 9.94. The van der Waals surface area contributed by atoms with E-state index in [0.29, 0.717) is 0 Å². The van der Waals surface area contributed by atoms with Crippen LogP contribution in [0, 0.1) is 0 Å². The first-order valence-electron chi connectivity index (χ1n) is 8.02. The van der Waals surface area contributed by atoms with Gasteiger partial charge in [-0.2, -0.15) is 13.2 Å². The van der Waals surface area contributed by atoms with Crippen molar-refractivity contribution in [1.82, 2.24) is 15.3 Å². The predicted molar refractivity (Wildman–Crippen MR) is 94.5 cm³/mol. The first kappa shape index (κ1) is 20.5. The summed E-state index contributed by atoms with van der Waals surface area (Å²) < 4.78 is 65.1. The minimum atomic E-state index is -4.81. The number of carbonyl (C=O) groups is 1. The molecule has 2 N–H and O–H groups in total. The van der Waals surface area contributed by atoms with E-state index in [4.69, 9.17) is 11.6 Å². The Kier molecular flexibility index (Phi) is 5.60. The van der Waals surface area contributed by atoms with Crippen molar-refractivity contribution in [3.63, 3.8) is 0 Å². The van der Waals surface area contributed by atoms with Gasteiger partial charge in [-0.1, -0.05) is 12.1 Å². The highest BCUT2D eigenvalue weighted by Gasteiger charge is 2.43. The van der Waals surface area contributed by atoms with Crippen LogP contribution in [-0.2, 0) is 20.8 Å². The lowest BCUT2D eigenvalue weighted by atomic mass is 10.2. The summed E-state index contributed by atoms with van der Waals surface area (Å²) in [5, 5.41) is 3.92. The number of anilines is 1. The highest BCUT2D eigenvalue weighted by molar-refractivity contribution is 7.92. The third-order valence-electron chi connectivity index (χ3n) is 4.22. The summed E-state index contributed by atoms with van der Waals surface area (Å²) in [6.45, 7) is -0.156. The van der Waals surface area contributed by atoms with Crippen LogP contribution < -0.4 is 10.6 Å². The van der Waals surface area contributed by atoms with Gasteiger partial charge in [0.2, 0.25) is 11.2 Å². The van der Waals surface area contributed by atoms with Crippen molar-refractivity contribution in [2.24, 2.45) is 0 Å². The molecule has 0 unspecified atom stereocenters. The Balaban J connectivity index is 1.77. The van der Waals surface area contributed by atoms with Crippen LogP contribution in [0.2, 0.25) is 5.28 Å². The molecule has 1 aromatic heterocycles. The van der Waals surface area contributed by atoms with Crippen molar-refractivity contribution < 1.29 is 26.4 Å². The molecule has 1 aliphatic rings. The molecule has 150 valence electrons. The van der Waals surface area contributed by atoms with Gasteiger partial charge in [0, 0.05) is 12.7 Å². The molecule has 2 heterocycles. The van der Waals surface area contributed by atoms with Crippen molar-refractivity contribution in [2.75, 3.05) is 11.9 Å². The second-order valence-corrected chi connectivity index (χ2v) is 8.59. The zero-order valence-electron chi connectivity index (χ0n) is 14.1. The minimum Gasteiger partial charge on any atom is -0.309 e. The highest BCUT2D eigenvalue weighted by atomic mass is 35.5. The second-order valence-electron chi connectivity index (χ2n) is 6.06. The Hall–Kier alpha value is -2.24. The number of sulfone groups is 1. The number of hydrogen-bond acceptors (Lipinski definition) is 6. The van der Waals surface area contributed by atoms with E-state index in [0.717, 1.165) is 18.2 Å². The van der Waals surface area contributed by atoms with Crippen molar-refractivity contribution in [3.8, 4) is 0 Å². The number of halogens is 4. The van der Waals surface area contributed by atoms with Gasteiger partial charge >= 0.3 is 6.18 Å². The molecule has 7 nitrogen and oxygen atoms in total. The maximum atomic E-state index is 13.2. The Morgan fingerprint density at radius 2 is 1.96 bits per heavy atom. The molecule has 2 atom stereocenters. The number of rotatable bonds is 4. The monoisotopic (exact) mass is 434 g/mol. The van der Waals surface area contributed by atoms with Gasteiger partial charge < -0.3 is 10.6 Å². The minimum absolute atomic E-state index is 0.0820. The molecule has 1 saturated heterocycles. The molecule has 28 heavy (non-hydrogen) atoms.